The van der Waals surface area contributed by atoms with E-state index in [2.05, 4.69) is 11.8 Å². The van der Waals surface area contributed by atoms with Crippen LogP contribution in [0.3, 0.4) is 0 Å². The summed E-state index contributed by atoms with van der Waals surface area (Å²) in [5, 5.41) is 0. The van der Waals surface area contributed by atoms with Crippen molar-refractivity contribution in [2.24, 2.45) is 23.5 Å². The Morgan fingerprint density at radius 3 is 2.41 bits per heavy atom. The van der Waals surface area contributed by atoms with Gasteiger partial charge in [-0.2, -0.15) is 0 Å². The van der Waals surface area contributed by atoms with Crippen LogP contribution in [-0.2, 0) is 0 Å². The average molecular weight is 236 g/mol. The maximum Gasteiger partial charge on any atom is 0.0250 e. The first kappa shape index (κ1) is 12.0. The smallest absolute Gasteiger partial charge is 0.0250 e. The number of rotatable bonds is 2. The maximum absolute atomic E-state index is 6.38. The zero-order valence-corrected chi connectivity index (χ0v) is 11.3. The fourth-order valence-corrected chi connectivity index (χ4v) is 4.59. The van der Waals surface area contributed by atoms with E-state index in [1.165, 1.54) is 58.0 Å². The van der Waals surface area contributed by atoms with Gasteiger partial charge in [0.05, 0.1) is 0 Å². The summed E-state index contributed by atoms with van der Waals surface area (Å²) in [6.07, 6.45) is 9.81. The Morgan fingerprint density at radius 1 is 1.06 bits per heavy atom. The molecule has 2 aliphatic carbocycles. The van der Waals surface area contributed by atoms with E-state index in [-0.39, 0.29) is 0 Å². The Kier molecular flexibility index (Phi) is 3.45. The molecule has 5 atom stereocenters. The van der Waals surface area contributed by atoms with Crippen molar-refractivity contribution in [3.05, 3.63) is 0 Å². The normalized spacial score (nSPS) is 47.3. The third-order valence-corrected chi connectivity index (χ3v) is 5.78. The number of fused-ring (bicyclic) bond motifs is 1. The molecule has 1 saturated heterocycles. The topological polar surface area (TPSA) is 29.3 Å². The average Bonchev–Trinajstić information content (AvgIpc) is 2.90. The van der Waals surface area contributed by atoms with Gasteiger partial charge in [-0.25, -0.2) is 0 Å². The number of hydrogen-bond donors (Lipinski definition) is 1. The van der Waals surface area contributed by atoms with E-state index in [1.54, 1.807) is 0 Å². The minimum absolute atomic E-state index is 0.455. The van der Waals surface area contributed by atoms with Crippen molar-refractivity contribution in [1.82, 2.24) is 4.90 Å². The second-order valence-electron chi connectivity index (χ2n) is 6.72. The lowest BCUT2D eigenvalue weighted by atomic mass is 9.80. The SMILES string of the molecule is CCC1CCC(N)C(N2CC3CCCC3C2)C1. The van der Waals surface area contributed by atoms with Gasteiger partial charge in [-0.05, 0) is 49.9 Å². The Balaban J connectivity index is 1.63. The summed E-state index contributed by atoms with van der Waals surface area (Å²) < 4.78 is 0. The molecule has 0 aromatic heterocycles. The summed E-state index contributed by atoms with van der Waals surface area (Å²) in [6, 6.07) is 1.16. The van der Waals surface area contributed by atoms with Gasteiger partial charge in [-0.15, -0.1) is 0 Å². The molecule has 0 spiro atoms. The van der Waals surface area contributed by atoms with E-state index >= 15 is 0 Å². The molecule has 2 nitrogen and oxygen atoms in total. The van der Waals surface area contributed by atoms with E-state index in [4.69, 9.17) is 5.73 Å². The molecule has 17 heavy (non-hydrogen) atoms. The summed E-state index contributed by atoms with van der Waals surface area (Å²) in [5.74, 6) is 2.98. The second-order valence-corrected chi connectivity index (χ2v) is 6.72. The van der Waals surface area contributed by atoms with E-state index in [0.29, 0.717) is 12.1 Å². The lowest BCUT2D eigenvalue weighted by molar-refractivity contribution is 0.125. The number of nitrogens with zero attached hydrogens (tertiary/aromatic N) is 1. The fourth-order valence-electron chi connectivity index (χ4n) is 4.59. The third kappa shape index (κ3) is 2.26. The molecule has 98 valence electrons. The predicted molar refractivity (Wildman–Crippen MR) is 71.8 cm³/mol. The minimum Gasteiger partial charge on any atom is -0.326 e. The zero-order chi connectivity index (χ0) is 11.8. The molecule has 0 aromatic carbocycles. The summed E-state index contributed by atoms with van der Waals surface area (Å²) in [6.45, 7) is 5.07. The van der Waals surface area contributed by atoms with Gasteiger partial charge in [0.1, 0.15) is 0 Å². The molecule has 2 heteroatoms. The fraction of sp³-hybridized carbons (Fsp3) is 1.00. The first-order valence-corrected chi connectivity index (χ1v) is 7.77. The Bertz CT molecular complexity index is 254. The van der Waals surface area contributed by atoms with Gasteiger partial charge in [-0.1, -0.05) is 19.8 Å². The number of likely N-dealkylation sites (tertiary alicyclic amines) is 1. The van der Waals surface area contributed by atoms with Crippen LogP contribution in [0.25, 0.3) is 0 Å². The highest BCUT2D eigenvalue weighted by Crippen LogP contribution is 2.40. The molecule has 0 bridgehead atoms. The van der Waals surface area contributed by atoms with Gasteiger partial charge in [0.2, 0.25) is 0 Å². The molecule has 2 saturated carbocycles. The van der Waals surface area contributed by atoms with Crippen molar-refractivity contribution >= 4 is 0 Å². The van der Waals surface area contributed by atoms with Gasteiger partial charge < -0.3 is 5.73 Å². The standard InChI is InChI=1S/C15H28N2/c1-2-11-6-7-14(16)15(8-11)17-9-12-4-3-5-13(12)10-17/h11-15H,2-10,16H2,1H3. The Hall–Kier alpha value is -0.0800. The van der Waals surface area contributed by atoms with Crippen LogP contribution < -0.4 is 5.73 Å². The minimum atomic E-state index is 0.455. The van der Waals surface area contributed by atoms with Gasteiger partial charge in [0.15, 0.2) is 0 Å². The zero-order valence-electron chi connectivity index (χ0n) is 11.3. The summed E-state index contributed by atoms with van der Waals surface area (Å²) >= 11 is 0. The lowest BCUT2D eigenvalue weighted by Crippen LogP contribution is -2.50. The molecule has 5 unspecified atom stereocenters. The van der Waals surface area contributed by atoms with Crippen LogP contribution in [0.4, 0.5) is 0 Å². The van der Waals surface area contributed by atoms with Gasteiger partial charge in [-0.3, -0.25) is 4.90 Å². The molecule has 0 aromatic rings. The Morgan fingerprint density at radius 2 is 1.76 bits per heavy atom. The van der Waals surface area contributed by atoms with Crippen molar-refractivity contribution in [1.29, 1.82) is 0 Å². The first-order valence-electron chi connectivity index (χ1n) is 7.77. The van der Waals surface area contributed by atoms with E-state index in [1.807, 2.05) is 0 Å². The molecule has 1 aliphatic heterocycles. The quantitative estimate of drug-likeness (QED) is 0.798. The predicted octanol–water partition coefficient (Wildman–Crippen LogP) is 2.62. The molecule has 3 rings (SSSR count). The van der Waals surface area contributed by atoms with Crippen LogP contribution in [0.5, 0.6) is 0 Å². The van der Waals surface area contributed by atoms with Crippen LogP contribution in [0, 0.1) is 17.8 Å². The Labute approximate surface area is 106 Å². The molecular weight excluding hydrogens is 208 g/mol. The molecule has 2 N–H and O–H groups in total. The van der Waals surface area contributed by atoms with Gasteiger partial charge in [0.25, 0.3) is 0 Å². The third-order valence-electron chi connectivity index (χ3n) is 5.78. The highest BCUT2D eigenvalue weighted by atomic mass is 15.2. The van der Waals surface area contributed by atoms with Gasteiger partial charge >= 0.3 is 0 Å². The maximum atomic E-state index is 6.38. The first-order chi connectivity index (χ1) is 8.28. The van der Waals surface area contributed by atoms with Crippen LogP contribution in [-0.4, -0.2) is 30.1 Å². The molecule has 3 aliphatic rings. The molecule has 0 radical (unpaired) electrons. The highest BCUT2D eigenvalue weighted by molar-refractivity contribution is 4.96. The second kappa shape index (κ2) is 4.89. The highest BCUT2D eigenvalue weighted by Gasteiger charge is 2.41. The molecule has 3 fully saturated rings. The van der Waals surface area contributed by atoms with Crippen LogP contribution in [0.1, 0.15) is 51.9 Å². The van der Waals surface area contributed by atoms with Crippen LogP contribution in [0.2, 0.25) is 0 Å². The molecular formula is C15H28N2. The van der Waals surface area contributed by atoms with Crippen molar-refractivity contribution < 1.29 is 0 Å². The van der Waals surface area contributed by atoms with Crippen molar-refractivity contribution in [2.45, 2.75) is 64.0 Å². The summed E-state index contributed by atoms with van der Waals surface area (Å²) in [7, 11) is 0. The number of nitrogens with two attached hydrogens (primary N) is 1. The lowest BCUT2D eigenvalue weighted by Gasteiger charge is -2.39. The van der Waals surface area contributed by atoms with Crippen LogP contribution in [0.15, 0.2) is 0 Å². The van der Waals surface area contributed by atoms with E-state index in [9.17, 15) is 0 Å². The molecule has 1 heterocycles. The van der Waals surface area contributed by atoms with Crippen molar-refractivity contribution in [2.75, 3.05) is 13.1 Å². The monoisotopic (exact) mass is 236 g/mol. The van der Waals surface area contributed by atoms with Crippen molar-refractivity contribution in [3.8, 4) is 0 Å². The molecule has 0 amide bonds. The van der Waals surface area contributed by atoms with E-state index in [0.717, 1.165) is 17.8 Å². The van der Waals surface area contributed by atoms with E-state index < -0.39 is 0 Å². The van der Waals surface area contributed by atoms with Crippen molar-refractivity contribution in [3.63, 3.8) is 0 Å². The summed E-state index contributed by atoms with van der Waals surface area (Å²) in [5.41, 5.74) is 6.38. The number of hydrogen-bond acceptors (Lipinski definition) is 2. The van der Waals surface area contributed by atoms with Crippen LogP contribution >= 0.6 is 0 Å². The summed E-state index contributed by atoms with van der Waals surface area (Å²) in [4.78, 5) is 2.76. The van der Waals surface area contributed by atoms with Gasteiger partial charge in [0, 0.05) is 25.2 Å². The largest absolute Gasteiger partial charge is 0.326 e.